The summed E-state index contributed by atoms with van der Waals surface area (Å²) in [5.74, 6) is -4.45. The summed E-state index contributed by atoms with van der Waals surface area (Å²) >= 11 is 0. The van der Waals surface area contributed by atoms with Gasteiger partial charge in [-0.1, -0.05) is 99.3 Å². The second-order valence-electron chi connectivity index (χ2n) is 25.2. The summed E-state index contributed by atoms with van der Waals surface area (Å²) < 4.78 is 2.67. The molecular weight excluding hydrogens is 1140 g/mol. The molecule has 18 heteroatoms. The first-order chi connectivity index (χ1) is 43.6. The Morgan fingerprint density at radius 1 is 0.367 bits per heavy atom. The number of anilines is 1. The average Bonchev–Trinajstić information content (AvgIpc) is 1.40. The summed E-state index contributed by atoms with van der Waals surface area (Å²) in [4.78, 5) is 166. The summed E-state index contributed by atoms with van der Waals surface area (Å²) in [5, 5.41) is 2.66. The summed E-state index contributed by atoms with van der Waals surface area (Å²) in [5.41, 5.74) is 0.118. The molecule has 7 aromatic carbocycles. The normalized spacial score (nSPS) is 16.2. The van der Waals surface area contributed by atoms with E-state index in [-0.39, 0.29) is 142 Å². The second-order valence-corrected chi connectivity index (χ2v) is 25.2. The van der Waals surface area contributed by atoms with Crippen LogP contribution in [0.25, 0.3) is 87.2 Å². The van der Waals surface area contributed by atoms with Gasteiger partial charge in [0.05, 0.1) is 11.0 Å². The Labute approximate surface area is 514 Å². The van der Waals surface area contributed by atoms with Gasteiger partial charge in [0.15, 0.2) is 0 Å². The zero-order valence-electron chi connectivity index (χ0n) is 51.0. The summed E-state index contributed by atoms with van der Waals surface area (Å²) in [6.07, 6.45) is 10.6. The number of amides is 8. The van der Waals surface area contributed by atoms with Crippen molar-refractivity contribution < 1.29 is 38.4 Å². The quantitative estimate of drug-likeness (QED) is 0.0691. The highest BCUT2D eigenvalue weighted by molar-refractivity contribution is 6.42. The second kappa shape index (κ2) is 20.9. The molecule has 3 unspecified atom stereocenters. The highest BCUT2D eigenvalue weighted by Gasteiger charge is 2.44. The molecule has 0 saturated carbocycles. The van der Waals surface area contributed by atoms with Crippen LogP contribution in [0.5, 0.6) is 0 Å². The van der Waals surface area contributed by atoms with E-state index in [2.05, 4.69) is 20.8 Å². The molecular formula is C72H64N8O10. The molecule has 0 bridgehead atoms. The SMILES string of the molecule is CCCCC(CC)CN1C(=O)c2ccc3c4c(ccc(c24)C1=O)C(=O)N(c1c2nc4c5ccc6c7c(ccc(c(=O)n4c2cc2nc4c8ccc9c%10c(ccc(c(=O)n4c12)c%108)C(=O)N(CC(CC)CCCC)C9=O)c75)C(=O)N(CC(CC)CCCC)C6=O)C3=O. The molecule has 4 aliphatic rings. The van der Waals surface area contributed by atoms with Gasteiger partial charge in [-0.05, 0) is 116 Å². The zero-order chi connectivity index (χ0) is 62.6. The summed E-state index contributed by atoms with van der Waals surface area (Å²) in [6, 6.07) is 20.5. The smallest absolute Gasteiger partial charge is 0.266 e. The van der Waals surface area contributed by atoms with Gasteiger partial charge in [-0.2, -0.15) is 0 Å². The fraction of sp³-hybridized carbons (Fsp3) is 0.333. The fourth-order valence-electron chi connectivity index (χ4n) is 15.3. The standard InChI is InChI=1S/C72H64N8O10/c1-7-13-16-35(10-4)32-75-63(81)40-21-19-38-52-47(28-24-43(54(40)52)66(75)84)70(88)79-59-50(73-61(38)79)31-51-58(74-62-39-20-22-41-55-42(23-27-46(53(39)55)69(87)78(51)62)65(83)76(64(41)82)33-36(11-5)17-14-8-2)60(59)80-71(89)48-29-25-44-56-45(26-30-49(57(48)56)72(80)90)68(86)77(67(44)85)34-37(12-6)18-15-9-3/h19-31,35-37H,7-18,32-34H2,1-6H3. The number of hydrogen-bond donors (Lipinski definition) is 0. The molecule has 0 aliphatic carbocycles. The number of benzene rings is 7. The highest BCUT2D eigenvalue weighted by Crippen LogP contribution is 2.47. The number of aromatic nitrogens is 4. The Morgan fingerprint density at radius 3 is 1.06 bits per heavy atom. The first kappa shape index (κ1) is 56.7. The van der Waals surface area contributed by atoms with Crippen LogP contribution in [0.1, 0.15) is 201 Å². The number of hydrogen-bond acceptors (Lipinski definition) is 12. The van der Waals surface area contributed by atoms with E-state index in [0.29, 0.717) is 32.3 Å². The van der Waals surface area contributed by atoms with Crippen molar-refractivity contribution in [2.45, 2.75) is 119 Å². The van der Waals surface area contributed by atoms with Crippen molar-refractivity contribution in [1.82, 2.24) is 33.5 Å². The Morgan fingerprint density at radius 2 is 0.689 bits per heavy atom. The molecule has 0 fully saturated rings. The van der Waals surface area contributed by atoms with Crippen molar-refractivity contribution in [3.8, 4) is 0 Å². The van der Waals surface area contributed by atoms with E-state index in [1.165, 1.54) is 47.8 Å². The molecule has 0 spiro atoms. The monoisotopic (exact) mass is 1200 g/mol. The number of carbonyl (C=O) groups excluding carboxylic acids is 8. The molecule has 11 aromatic rings. The summed E-state index contributed by atoms with van der Waals surface area (Å²) in [7, 11) is 0. The van der Waals surface area contributed by atoms with Crippen LogP contribution in [0.2, 0.25) is 0 Å². The van der Waals surface area contributed by atoms with Crippen molar-refractivity contribution in [1.29, 1.82) is 0 Å². The number of unbranched alkanes of at least 4 members (excludes halogenated alkanes) is 3. The van der Waals surface area contributed by atoms with E-state index >= 15 is 19.2 Å². The first-order valence-corrected chi connectivity index (χ1v) is 31.9. The molecule has 90 heavy (non-hydrogen) atoms. The van der Waals surface area contributed by atoms with Crippen molar-refractivity contribution in [3.05, 3.63) is 144 Å². The largest absolute Gasteiger partial charge is 0.274 e. The van der Waals surface area contributed by atoms with Crippen LogP contribution < -0.4 is 16.0 Å². The minimum absolute atomic E-state index is 0.0159. The lowest BCUT2D eigenvalue weighted by Gasteiger charge is -2.33. The lowest BCUT2D eigenvalue weighted by atomic mass is 9.85. The molecule has 4 aromatic heterocycles. The molecule has 8 heterocycles. The van der Waals surface area contributed by atoms with Gasteiger partial charge in [0.2, 0.25) is 0 Å². The molecule has 0 radical (unpaired) electrons. The van der Waals surface area contributed by atoms with E-state index < -0.39 is 58.4 Å². The predicted molar refractivity (Wildman–Crippen MR) is 345 cm³/mol. The average molecular weight is 1200 g/mol. The minimum atomic E-state index is -0.877. The van der Waals surface area contributed by atoms with Gasteiger partial charge in [0.25, 0.3) is 58.4 Å². The molecule has 0 saturated heterocycles. The lowest BCUT2D eigenvalue weighted by Crippen LogP contribution is -2.45. The number of imide groups is 4. The van der Waals surface area contributed by atoms with Gasteiger partial charge in [-0.3, -0.25) is 71.4 Å². The first-order valence-electron chi connectivity index (χ1n) is 31.9. The van der Waals surface area contributed by atoms with Crippen molar-refractivity contribution >= 4 is 140 Å². The maximum atomic E-state index is 16.0. The molecule has 8 amide bonds. The van der Waals surface area contributed by atoms with Crippen LogP contribution in [0.15, 0.2) is 88.5 Å². The van der Waals surface area contributed by atoms with Gasteiger partial charge in [-0.15, -0.1) is 0 Å². The third-order valence-corrected chi connectivity index (χ3v) is 20.3. The third kappa shape index (κ3) is 7.68. The van der Waals surface area contributed by atoms with Gasteiger partial charge in [0.1, 0.15) is 28.0 Å². The Kier molecular flexibility index (Phi) is 13.1. The van der Waals surface area contributed by atoms with Crippen molar-refractivity contribution in [2.24, 2.45) is 17.8 Å². The number of carbonyl (C=O) groups is 8. The van der Waals surface area contributed by atoms with E-state index in [4.69, 9.17) is 9.97 Å². The van der Waals surface area contributed by atoms with Crippen LogP contribution in [0.3, 0.4) is 0 Å². The van der Waals surface area contributed by atoms with E-state index in [0.717, 1.165) is 81.9 Å². The molecule has 4 aliphatic heterocycles. The highest BCUT2D eigenvalue weighted by atomic mass is 16.2. The van der Waals surface area contributed by atoms with Gasteiger partial charge in [0, 0.05) is 118 Å². The third-order valence-electron chi connectivity index (χ3n) is 20.3. The summed E-state index contributed by atoms with van der Waals surface area (Å²) in [6.45, 7) is 13.1. The maximum absolute atomic E-state index is 16.0. The van der Waals surface area contributed by atoms with Crippen LogP contribution in [-0.2, 0) is 0 Å². The van der Waals surface area contributed by atoms with Crippen molar-refractivity contribution in [2.75, 3.05) is 24.5 Å². The topological polar surface area (TPSA) is 218 Å². The fourth-order valence-corrected chi connectivity index (χ4v) is 15.3. The Balaban J connectivity index is 0.970. The Hall–Kier alpha value is -9.84. The van der Waals surface area contributed by atoms with E-state index in [1.807, 2.05) is 20.8 Å². The maximum Gasteiger partial charge on any atom is 0.266 e. The van der Waals surface area contributed by atoms with Crippen LogP contribution in [-0.4, -0.2) is 100 Å². The minimum Gasteiger partial charge on any atom is -0.274 e. The lowest BCUT2D eigenvalue weighted by molar-refractivity contribution is 0.0565. The van der Waals surface area contributed by atoms with Gasteiger partial charge >= 0.3 is 0 Å². The van der Waals surface area contributed by atoms with Gasteiger partial charge < -0.3 is 0 Å². The van der Waals surface area contributed by atoms with E-state index in [1.54, 1.807) is 54.6 Å². The molecule has 452 valence electrons. The number of fused-ring (bicyclic) bond motifs is 8. The Bertz CT molecular complexity index is 5030. The number of nitrogens with zero attached hydrogens (tertiary/aromatic N) is 8. The molecule has 3 atom stereocenters. The zero-order valence-corrected chi connectivity index (χ0v) is 51.0. The number of imidazole rings is 2. The van der Waals surface area contributed by atoms with E-state index in [9.17, 15) is 28.8 Å². The molecule has 0 N–H and O–H groups in total. The van der Waals surface area contributed by atoms with Gasteiger partial charge in [-0.25, -0.2) is 14.9 Å². The number of rotatable bonds is 19. The molecule has 18 nitrogen and oxygen atoms in total. The van der Waals surface area contributed by atoms with Crippen LogP contribution >= 0.6 is 0 Å². The number of pyridine rings is 2. The predicted octanol–water partition coefficient (Wildman–Crippen LogP) is 12.9. The molecule has 15 rings (SSSR count). The van der Waals surface area contributed by atoms with Crippen LogP contribution in [0.4, 0.5) is 5.69 Å². The van der Waals surface area contributed by atoms with Crippen LogP contribution in [0, 0.1) is 17.8 Å². The van der Waals surface area contributed by atoms with Crippen molar-refractivity contribution in [3.63, 3.8) is 0 Å².